The van der Waals surface area contributed by atoms with Gasteiger partial charge in [0.25, 0.3) is 0 Å². The first kappa shape index (κ1) is 72.0. The molecule has 74 heavy (non-hydrogen) atoms. The molecule has 0 amide bonds. The summed E-state index contributed by atoms with van der Waals surface area (Å²) in [6, 6.07) is 0. The summed E-state index contributed by atoms with van der Waals surface area (Å²) in [5.74, 6) is -0.791. The quantitative estimate of drug-likeness (QED) is 0.0211. The van der Waals surface area contributed by atoms with Crippen molar-refractivity contribution in [3.63, 3.8) is 0 Å². The molecule has 0 spiro atoms. The van der Waals surface area contributed by atoms with Gasteiger partial charge in [-0.3, -0.25) is 18.6 Å². The molecular weight excluding hydrogens is 942 g/mol. The molecule has 0 rings (SSSR count). The van der Waals surface area contributed by atoms with E-state index in [9.17, 15) is 19.0 Å². The molecule has 0 aromatic rings. The van der Waals surface area contributed by atoms with Gasteiger partial charge in [0.1, 0.15) is 19.8 Å². The first-order valence-corrected chi connectivity index (χ1v) is 32.9. The zero-order valence-corrected chi connectivity index (χ0v) is 50.2. The van der Waals surface area contributed by atoms with E-state index in [0.717, 1.165) is 44.9 Å². The molecule has 0 saturated heterocycles. The van der Waals surface area contributed by atoms with Gasteiger partial charge >= 0.3 is 19.8 Å². The number of carbonyl (C=O) groups excluding carboxylic acids is 2. The number of nitrogens with zero attached hydrogens (tertiary/aromatic N) is 1. The molecule has 0 heterocycles. The number of allylic oxidation sites excluding steroid dienone is 8. The zero-order valence-electron chi connectivity index (χ0n) is 49.3. The molecule has 2 unspecified atom stereocenters. The molecule has 9 nitrogen and oxygen atoms in total. The van der Waals surface area contributed by atoms with Crippen LogP contribution in [0.4, 0.5) is 0 Å². The van der Waals surface area contributed by atoms with Gasteiger partial charge < -0.3 is 18.9 Å². The van der Waals surface area contributed by atoms with Gasteiger partial charge in [0, 0.05) is 12.8 Å². The number of ether oxygens (including phenoxy) is 2. The highest BCUT2D eigenvalue weighted by molar-refractivity contribution is 7.47. The summed E-state index contributed by atoms with van der Waals surface area (Å²) < 4.78 is 34.6. The second-order valence-electron chi connectivity index (χ2n) is 22.4. The lowest BCUT2D eigenvalue weighted by molar-refractivity contribution is -0.870. The Morgan fingerprint density at radius 1 is 0.419 bits per heavy atom. The number of hydrogen-bond acceptors (Lipinski definition) is 7. The van der Waals surface area contributed by atoms with Crippen molar-refractivity contribution in [3.05, 3.63) is 48.6 Å². The number of esters is 2. The largest absolute Gasteiger partial charge is 0.472 e. The van der Waals surface area contributed by atoms with E-state index < -0.39 is 26.5 Å². The third-order valence-corrected chi connectivity index (χ3v) is 14.8. The van der Waals surface area contributed by atoms with Crippen molar-refractivity contribution in [1.29, 1.82) is 0 Å². The normalized spacial score (nSPS) is 13.5. The molecular formula is C64H121NO8P+. The van der Waals surface area contributed by atoms with Crippen LogP contribution in [0.2, 0.25) is 0 Å². The van der Waals surface area contributed by atoms with Gasteiger partial charge in [-0.2, -0.15) is 0 Å². The summed E-state index contributed by atoms with van der Waals surface area (Å²) in [4.78, 5) is 35.7. The van der Waals surface area contributed by atoms with E-state index in [1.165, 1.54) is 218 Å². The van der Waals surface area contributed by atoms with Crippen LogP contribution in [0.5, 0.6) is 0 Å². The number of quaternary nitrogens is 1. The second kappa shape index (κ2) is 55.7. The van der Waals surface area contributed by atoms with Crippen LogP contribution in [0, 0.1) is 0 Å². The highest BCUT2D eigenvalue weighted by atomic mass is 31.2. The molecule has 0 aliphatic rings. The topological polar surface area (TPSA) is 108 Å². The number of carbonyl (C=O) groups is 2. The Balaban J connectivity index is 4.03. The maximum absolute atomic E-state index is 12.8. The molecule has 0 bridgehead atoms. The maximum Gasteiger partial charge on any atom is 0.472 e. The minimum absolute atomic E-state index is 0.0320. The second-order valence-corrected chi connectivity index (χ2v) is 23.9. The fourth-order valence-corrected chi connectivity index (χ4v) is 9.70. The predicted octanol–water partition coefficient (Wildman–Crippen LogP) is 19.7. The van der Waals surface area contributed by atoms with Crippen molar-refractivity contribution in [2.24, 2.45) is 0 Å². The van der Waals surface area contributed by atoms with Crippen LogP contribution < -0.4 is 0 Å². The molecule has 2 atom stereocenters. The molecule has 0 saturated carbocycles. The fourth-order valence-electron chi connectivity index (χ4n) is 8.96. The molecule has 1 N–H and O–H groups in total. The lowest BCUT2D eigenvalue weighted by Gasteiger charge is -2.24. The molecule has 0 radical (unpaired) electrons. The fraction of sp³-hybridized carbons (Fsp3) is 0.844. The minimum Gasteiger partial charge on any atom is -0.462 e. The molecule has 10 heteroatoms. The van der Waals surface area contributed by atoms with Crippen LogP contribution in [0.15, 0.2) is 48.6 Å². The molecule has 0 aromatic heterocycles. The first-order valence-electron chi connectivity index (χ1n) is 31.4. The van der Waals surface area contributed by atoms with Crippen molar-refractivity contribution < 1.29 is 42.1 Å². The Morgan fingerprint density at radius 2 is 0.730 bits per heavy atom. The highest BCUT2D eigenvalue weighted by Gasteiger charge is 2.27. The van der Waals surface area contributed by atoms with Crippen LogP contribution in [-0.2, 0) is 32.7 Å². The number of rotatable bonds is 58. The number of hydrogen-bond donors (Lipinski definition) is 1. The van der Waals surface area contributed by atoms with E-state index in [-0.39, 0.29) is 32.0 Å². The number of unbranched alkanes of at least 4 members (excludes halogenated alkanes) is 36. The Kier molecular flexibility index (Phi) is 54.2. The third kappa shape index (κ3) is 59.2. The van der Waals surface area contributed by atoms with E-state index in [1.54, 1.807) is 0 Å². The van der Waals surface area contributed by atoms with E-state index >= 15 is 0 Å². The van der Waals surface area contributed by atoms with Crippen LogP contribution in [-0.4, -0.2) is 74.9 Å². The predicted molar refractivity (Wildman–Crippen MR) is 317 cm³/mol. The summed E-state index contributed by atoms with van der Waals surface area (Å²) in [7, 11) is 1.48. The standard InChI is InChI=1S/C64H120NO8P/c1-6-8-10-12-14-16-18-20-22-24-25-26-27-28-29-30-31-32-33-34-35-36-37-38-39-41-43-45-47-49-51-53-55-57-64(67)73-62(61-72-74(68,69)71-59-58-65(3,4)5)60-70-63(66)56-54-52-50-48-46-44-42-40-23-21-19-17-15-13-11-9-7-2/h18,20-21,23-25,27-28,62H,6-17,19,22,26,29-61H2,1-5H3/p+1/b20-18-,23-21-,25-24-,28-27-. The van der Waals surface area contributed by atoms with Crippen molar-refractivity contribution in [3.8, 4) is 0 Å². The SMILES string of the molecule is CCCCCCC/C=C\C/C=C\C/C=C\CCCCCCCCCCCCCCCCCCCCC(=O)OC(COC(=O)CCCCCCCCC/C=C\CCCCCCCC)COP(=O)(O)OCC[N+](C)(C)C. The Morgan fingerprint density at radius 3 is 1.09 bits per heavy atom. The Hall–Kier alpha value is -2.03. The van der Waals surface area contributed by atoms with Crippen LogP contribution in [0.25, 0.3) is 0 Å². The smallest absolute Gasteiger partial charge is 0.462 e. The van der Waals surface area contributed by atoms with E-state index in [2.05, 4.69) is 62.5 Å². The van der Waals surface area contributed by atoms with Crippen molar-refractivity contribution in [2.75, 3.05) is 47.5 Å². The van der Waals surface area contributed by atoms with Crippen molar-refractivity contribution in [1.82, 2.24) is 0 Å². The third-order valence-electron chi connectivity index (χ3n) is 13.8. The van der Waals surface area contributed by atoms with Crippen LogP contribution >= 0.6 is 7.82 Å². The zero-order chi connectivity index (χ0) is 54.2. The monoisotopic (exact) mass is 1060 g/mol. The Labute approximate surface area is 458 Å². The first-order chi connectivity index (χ1) is 36.0. The summed E-state index contributed by atoms with van der Waals surface area (Å²) in [5, 5.41) is 0. The molecule has 0 aliphatic carbocycles. The van der Waals surface area contributed by atoms with E-state index in [1.807, 2.05) is 21.1 Å². The minimum atomic E-state index is -4.39. The maximum atomic E-state index is 12.8. The summed E-state index contributed by atoms with van der Waals surface area (Å²) in [6.45, 7) is 4.45. The van der Waals surface area contributed by atoms with Gasteiger partial charge in [-0.25, -0.2) is 4.57 Å². The van der Waals surface area contributed by atoms with Gasteiger partial charge in [0.15, 0.2) is 6.10 Å². The van der Waals surface area contributed by atoms with E-state index in [4.69, 9.17) is 18.5 Å². The lowest BCUT2D eigenvalue weighted by atomic mass is 10.0. The van der Waals surface area contributed by atoms with Gasteiger partial charge in [-0.05, 0) is 77.0 Å². The average molecular weight is 1060 g/mol. The lowest BCUT2D eigenvalue weighted by Crippen LogP contribution is -2.37. The van der Waals surface area contributed by atoms with Crippen LogP contribution in [0.1, 0.15) is 296 Å². The molecule has 0 aliphatic heterocycles. The number of phosphoric acid groups is 1. The average Bonchev–Trinajstić information content (AvgIpc) is 3.36. The van der Waals surface area contributed by atoms with Gasteiger partial charge in [0.2, 0.25) is 0 Å². The van der Waals surface area contributed by atoms with E-state index in [0.29, 0.717) is 17.4 Å². The summed E-state index contributed by atoms with van der Waals surface area (Å²) in [6.07, 6.45) is 70.5. The molecule has 0 fully saturated rings. The van der Waals surface area contributed by atoms with Crippen molar-refractivity contribution >= 4 is 19.8 Å². The number of phosphoric ester groups is 1. The van der Waals surface area contributed by atoms with Crippen LogP contribution in [0.3, 0.4) is 0 Å². The Bertz CT molecular complexity index is 1390. The van der Waals surface area contributed by atoms with Gasteiger partial charge in [-0.1, -0.05) is 255 Å². The van der Waals surface area contributed by atoms with Crippen molar-refractivity contribution in [2.45, 2.75) is 302 Å². The molecule has 434 valence electrons. The molecule has 0 aromatic carbocycles. The summed E-state index contributed by atoms with van der Waals surface area (Å²) >= 11 is 0. The van der Waals surface area contributed by atoms with Gasteiger partial charge in [0.05, 0.1) is 27.7 Å². The summed E-state index contributed by atoms with van der Waals surface area (Å²) in [5.41, 5.74) is 0. The highest BCUT2D eigenvalue weighted by Crippen LogP contribution is 2.43. The van der Waals surface area contributed by atoms with Gasteiger partial charge in [-0.15, -0.1) is 0 Å². The number of likely N-dealkylation sites (N-methyl/N-ethyl adjacent to an activating group) is 1.